The van der Waals surface area contributed by atoms with Crippen molar-refractivity contribution in [2.45, 2.75) is 46.2 Å². The average molecular weight is 317 g/mol. The smallest absolute Gasteiger partial charge is 0.243 e. The van der Waals surface area contributed by atoms with Crippen molar-refractivity contribution in [1.29, 1.82) is 0 Å². The highest BCUT2D eigenvalue weighted by Gasteiger charge is 2.36. The fourth-order valence-electron chi connectivity index (χ4n) is 2.56. The summed E-state index contributed by atoms with van der Waals surface area (Å²) in [6.45, 7) is 9.68. The fourth-order valence-corrected chi connectivity index (χ4v) is 2.56. The Labute approximate surface area is 131 Å². The van der Waals surface area contributed by atoms with E-state index in [0.29, 0.717) is 5.88 Å². The number of piperidine rings is 1. The summed E-state index contributed by atoms with van der Waals surface area (Å²) in [7, 11) is 0. The number of likely N-dealkylation sites (tertiary alicyclic amines) is 1. The van der Waals surface area contributed by atoms with Gasteiger partial charge >= 0.3 is 0 Å². The van der Waals surface area contributed by atoms with E-state index in [0.717, 1.165) is 25.2 Å². The number of hydrogen-bond donors (Lipinski definition) is 2. The first-order valence-corrected chi connectivity index (χ1v) is 7.03. The zero-order valence-electron chi connectivity index (χ0n) is 13.0. The van der Waals surface area contributed by atoms with E-state index in [1.165, 1.54) is 0 Å². The molecular weight excluding hydrogens is 292 g/mol. The van der Waals surface area contributed by atoms with Crippen LogP contribution in [0.15, 0.2) is 10.6 Å². The minimum Gasteiger partial charge on any atom is -0.338 e. The first-order valence-electron chi connectivity index (χ1n) is 7.03. The van der Waals surface area contributed by atoms with Gasteiger partial charge in [-0.3, -0.25) is 15.0 Å². The Hall–Kier alpha value is -1.11. The maximum absolute atomic E-state index is 12.2. The van der Waals surface area contributed by atoms with E-state index in [-0.39, 0.29) is 35.8 Å². The zero-order chi connectivity index (χ0) is 14.9. The van der Waals surface area contributed by atoms with E-state index in [9.17, 15) is 4.79 Å². The molecule has 120 valence electrons. The van der Waals surface area contributed by atoms with Gasteiger partial charge in [-0.1, -0.05) is 19.0 Å². The predicted octanol–water partition coefficient (Wildman–Crippen LogP) is 1.79. The van der Waals surface area contributed by atoms with Crippen LogP contribution in [-0.4, -0.2) is 41.1 Å². The minimum absolute atomic E-state index is 0. The molecule has 1 aliphatic rings. The minimum atomic E-state index is -0.216. The lowest BCUT2D eigenvalue weighted by atomic mass is 9.79. The van der Waals surface area contributed by atoms with Gasteiger partial charge in [0.1, 0.15) is 0 Å². The molecule has 1 aromatic heterocycles. The van der Waals surface area contributed by atoms with Crippen LogP contribution in [0.3, 0.4) is 0 Å². The molecule has 0 bridgehead atoms. The Morgan fingerprint density at radius 3 is 2.81 bits per heavy atom. The van der Waals surface area contributed by atoms with Gasteiger partial charge < -0.3 is 10.3 Å². The maximum atomic E-state index is 12.2. The molecule has 1 saturated heterocycles. The van der Waals surface area contributed by atoms with Gasteiger partial charge in [-0.05, 0) is 25.7 Å². The second kappa shape index (κ2) is 6.77. The molecule has 0 spiro atoms. The molecule has 3 N–H and O–H groups in total. The number of aryl methyl sites for hydroxylation is 1. The molecule has 6 nitrogen and oxygen atoms in total. The van der Waals surface area contributed by atoms with E-state index >= 15 is 0 Å². The van der Waals surface area contributed by atoms with Crippen LogP contribution in [0.1, 0.15) is 32.9 Å². The SMILES string of the molecule is Cc1cc(NC(=O)C(C)N2CCC(N)C(C)(C)C2)on1.Cl. The lowest BCUT2D eigenvalue weighted by molar-refractivity contribution is -0.122. The molecule has 2 heterocycles. The number of hydrogen-bond acceptors (Lipinski definition) is 5. The number of aromatic nitrogens is 1. The van der Waals surface area contributed by atoms with Gasteiger partial charge in [-0.25, -0.2) is 0 Å². The molecule has 1 amide bonds. The summed E-state index contributed by atoms with van der Waals surface area (Å²) in [5.74, 6) is 0.319. The highest BCUT2D eigenvalue weighted by molar-refractivity contribution is 5.93. The molecule has 7 heteroatoms. The number of amides is 1. The molecular formula is C14H25ClN4O2. The van der Waals surface area contributed by atoms with Gasteiger partial charge in [0.05, 0.1) is 11.7 Å². The normalized spacial score (nSPS) is 23.2. The van der Waals surface area contributed by atoms with Crippen LogP contribution >= 0.6 is 12.4 Å². The van der Waals surface area contributed by atoms with E-state index < -0.39 is 0 Å². The van der Waals surface area contributed by atoms with E-state index in [4.69, 9.17) is 10.3 Å². The number of nitrogens with one attached hydrogen (secondary N) is 1. The number of nitrogens with zero attached hydrogens (tertiary/aromatic N) is 2. The summed E-state index contributed by atoms with van der Waals surface area (Å²) in [6.07, 6.45) is 0.909. The topological polar surface area (TPSA) is 84.4 Å². The third-order valence-electron chi connectivity index (χ3n) is 4.14. The number of anilines is 1. The molecule has 0 saturated carbocycles. The van der Waals surface area contributed by atoms with E-state index in [2.05, 4.69) is 29.2 Å². The van der Waals surface area contributed by atoms with E-state index in [1.54, 1.807) is 6.07 Å². The monoisotopic (exact) mass is 316 g/mol. The molecule has 1 aromatic rings. The molecule has 0 aromatic carbocycles. The third-order valence-corrected chi connectivity index (χ3v) is 4.14. The van der Waals surface area contributed by atoms with Gasteiger partial charge in [-0.2, -0.15) is 0 Å². The number of halogens is 1. The third kappa shape index (κ3) is 4.18. The van der Waals surface area contributed by atoms with Crippen molar-refractivity contribution in [3.8, 4) is 0 Å². The lowest BCUT2D eigenvalue weighted by Gasteiger charge is -2.44. The second-order valence-corrected chi connectivity index (χ2v) is 6.35. The molecule has 0 radical (unpaired) electrons. The Morgan fingerprint density at radius 2 is 2.29 bits per heavy atom. The average Bonchev–Trinajstić information content (AvgIpc) is 2.77. The predicted molar refractivity (Wildman–Crippen MR) is 84.5 cm³/mol. The standard InChI is InChI=1S/C14H24N4O2.ClH/c1-9-7-12(20-17-9)16-13(19)10(2)18-6-5-11(15)14(3,4)8-18;/h7,10-11H,5-6,8,15H2,1-4H3,(H,16,19);1H. The molecule has 1 aliphatic heterocycles. The van der Waals surface area contributed by atoms with Gasteiger partial charge in [0, 0.05) is 25.2 Å². The summed E-state index contributed by atoms with van der Waals surface area (Å²) in [4.78, 5) is 14.4. The zero-order valence-corrected chi connectivity index (χ0v) is 13.9. The first-order chi connectivity index (χ1) is 9.29. The highest BCUT2D eigenvalue weighted by atomic mass is 35.5. The Morgan fingerprint density at radius 1 is 1.62 bits per heavy atom. The summed E-state index contributed by atoms with van der Waals surface area (Å²) in [6, 6.07) is 1.68. The summed E-state index contributed by atoms with van der Waals surface area (Å²) < 4.78 is 5.01. The number of carbonyl (C=O) groups excluding carboxylic acids is 1. The van der Waals surface area contributed by atoms with Gasteiger partial charge in [0.15, 0.2) is 0 Å². The van der Waals surface area contributed by atoms with Crippen LogP contribution in [-0.2, 0) is 4.79 Å². The Balaban J connectivity index is 0.00000220. The molecule has 21 heavy (non-hydrogen) atoms. The highest BCUT2D eigenvalue weighted by Crippen LogP contribution is 2.29. The van der Waals surface area contributed by atoms with Crippen molar-refractivity contribution in [1.82, 2.24) is 10.1 Å². The van der Waals surface area contributed by atoms with Crippen LogP contribution in [0, 0.1) is 12.3 Å². The summed E-state index contributed by atoms with van der Waals surface area (Å²) in [5, 5.41) is 6.51. The lowest BCUT2D eigenvalue weighted by Crippen LogP contribution is -2.56. The molecule has 1 fully saturated rings. The molecule has 0 aliphatic carbocycles. The van der Waals surface area contributed by atoms with Crippen LogP contribution < -0.4 is 11.1 Å². The summed E-state index contributed by atoms with van der Waals surface area (Å²) >= 11 is 0. The van der Waals surface area contributed by atoms with Crippen LogP contribution in [0.4, 0.5) is 5.88 Å². The first kappa shape index (κ1) is 17.9. The maximum Gasteiger partial charge on any atom is 0.243 e. The van der Waals surface area contributed by atoms with Crippen molar-refractivity contribution < 1.29 is 9.32 Å². The summed E-state index contributed by atoms with van der Waals surface area (Å²) in [5.41, 5.74) is 6.90. The van der Waals surface area contributed by atoms with Gasteiger partial charge in [-0.15, -0.1) is 12.4 Å². The second-order valence-electron chi connectivity index (χ2n) is 6.35. The van der Waals surface area contributed by atoms with E-state index in [1.807, 2.05) is 13.8 Å². The van der Waals surface area contributed by atoms with Crippen LogP contribution in [0.25, 0.3) is 0 Å². The molecule has 2 rings (SSSR count). The van der Waals surface area contributed by atoms with Crippen molar-refractivity contribution in [2.24, 2.45) is 11.1 Å². The Kier molecular flexibility index (Phi) is 5.78. The van der Waals surface area contributed by atoms with Crippen LogP contribution in [0.2, 0.25) is 0 Å². The van der Waals surface area contributed by atoms with Crippen molar-refractivity contribution in [3.05, 3.63) is 11.8 Å². The Bertz CT molecular complexity index is 489. The van der Waals surface area contributed by atoms with Crippen molar-refractivity contribution >= 4 is 24.2 Å². The van der Waals surface area contributed by atoms with Crippen molar-refractivity contribution in [3.63, 3.8) is 0 Å². The number of carbonyl (C=O) groups is 1. The fraction of sp³-hybridized carbons (Fsp3) is 0.714. The number of rotatable bonds is 3. The quantitative estimate of drug-likeness (QED) is 0.888. The van der Waals surface area contributed by atoms with Gasteiger partial charge in [0.2, 0.25) is 11.8 Å². The van der Waals surface area contributed by atoms with Crippen LogP contribution in [0.5, 0.6) is 0 Å². The number of nitrogens with two attached hydrogens (primary N) is 1. The molecule has 2 unspecified atom stereocenters. The molecule has 2 atom stereocenters. The van der Waals surface area contributed by atoms with Crippen molar-refractivity contribution in [2.75, 3.05) is 18.4 Å². The largest absolute Gasteiger partial charge is 0.338 e. The van der Waals surface area contributed by atoms with Gasteiger partial charge in [0.25, 0.3) is 0 Å².